The van der Waals surface area contributed by atoms with Crippen molar-refractivity contribution in [2.24, 2.45) is 5.92 Å². The van der Waals surface area contributed by atoms with E-state index in [4.69, 9.17) is 0 Å². The van der Waals surface area contributed by atoms with E-state index < -0.39 is 0 Å². The maximum atomic E-state index is 11.8. The molecule has 1 saturated carbocycles. The number of nitriles is 1. The van der Waals surface area contributed by atoms with E-state index in [1.54, 1.807) is 38.5 Å². The summed E-state index contributed by atoms with van der Waals surface area (Å²) < 4.78 is 0. The Hall–Kier alpha value is -3.47. The molecule has 1 aliphatic carbocycles. The summed E-state index contributed by atoms with van der Waals surface area (Å²) in [7, 11) is 3.34. The molecule has 2 N–H and O–H groups in total. The Morgan fingerprint density at radius 2 is 2.04 bits per heavy atom. The van der Waals surface area contributed by atoms with Gasteiger partial charge in [0.25, 0.3) is 0 Å². The van der Waals surface area contributed by atoms with E-state index in [9.17, 15) is 14.9 Å². The van der Waals surface area contributed by atoms with E-state index in [1.165, 1.54) is 11.1 Å². The van der Waals surface area contributed by atoms with Gasteiger partial charge in [-0.2, -0.15) is 5.26 Å². The second-order valence-electron chi connectivity index (χ2n) is 6.56. The molecule has 3 rings (SSSR count). The Morgan fingerprint density at radius 3 is 2.63 bits per heavy atom. The van der Waals surface area contributed by atoms with Crippen LogP contribution in [0.2, 0.25) is 0 Å². The highest BCUT2D eigenvalue weighted by molar-refractivity contribution is 5.93. The zero-order chi connectivity index (χ0) is 19.4. The molecule has 138 valence electrons. The summed E-state index contributed by atoms with van der Waals surface area (Å²) in [6, 6.07) is 7.30. The lowest BCUT2D eigenvalue weighted by molar-refractivity contribution is -0.126. The van der Waals surface area contributed by atoms with E-state index in [2.05, 4.69) is 26.7 Å². The zero-order valence-corrected chi connectivity index (χ0v) is 15.2. The number of aromatic nitrogens is 2. The molecular weight excluding hydrogens is 344 g/mol. The summed E-state index contributed by atoms with van der Waals surface area (Å²) in [5.41, 5.74) is 2.34. The van der Waals surface area contributed by atoms with Gasteiger partial charge in [-0.25, -0.2) is 4.98 Å². The van der Waals surface area contributed by atoms with Crippen LogP contribution in [0, 0.1) is 17.2 Å². The highest BCUT2D eigenvalue weighted by Gasteiger charge is 2.29. The molecule has 1 heterocycles. The first kappa shape index (κ1) is 18.3. The lowest BCUT2D eigenvalue weighted by atomic mass is 10.1. The Bertz CT molecular complexity index is 897. The summed E-state index contributed by atoms with van der Waals surface area (Å²) in [4.78, 5) is 33.6. The van der Waals surface area contributed by atoms with Crippen LogP contribution in [0.1, 0.15) is 18.4 Å². The van der Waals surface area contributed by atoms with Crippen molar-refractivity contribution in [3.63, 3.8) is 0 Å². The molecule has 0 saturated heterocycles. The van der Waals surface area contributed by atoms with Gasteiger partial charge in [-0.1, -0.05) is 6.07 Å². The average Bonchev–Trinajstić information content (AvgIpc) is 3.51. The number of likely N-dealkylation sites (N-methyl/N-ethyl adjacent to an activating group) is 1. The Balaban J connectivity index is 1.75. The third kappa shape index (κ3) is 4.58. The minimum absolute atomic E-state index is 0.0209. The normalized spacial score (nSPS) is 12.8. The van der Waals surface area contributed by atoms with Crippen molar-refractivity contribution < 1.29 is 9.59 Å². The molecule has 0 spiro atoms. The van der Waals surface area contributed by atoms with Crippen molar-refractivity contribution >= 4 is 23.3 Å². The molecule has 0 bridgehead atoms. The molecular formula is C19H20N6O2. The summed E-state index contributed by atoms with van der Waals surface area (Å²) in [6.07, 6.45) is 4.93. The van der Waals surface area contributed by atoms with Gasteiger partial charge in [0.15, 0.2) is 5.82 Å². The molecule has 0 aliphatic heterocycles. The first-order valence-electron chi connectivity index (χ1n) is 8.59. The monoisotopic (exact) mass is 364 g/mol. The molecule has 27 heavy (non-hydrogen) atoms. The second kappa shape index (κ2) is 7.83. The van der Waals surface area contributed by atoms with E-state index in [-0.39, 0.29) is 24.3 Å². The van der Waals surface area contributed by atoms with Gasteiger partial charge in [0.2, 0.25) is 11.8 Å². The third-order valence-electron chi connectivity index (χ3n) is 4.22. The van der Waals surface area contributed by atoms with Crippen LogP contribution in [0.3, 0.4) is 0 Å². The highest BCUT2D eigenvalue weighted by atomic mass is 16.2. The number of carbonyl (C=O) groups excluding carboxylic acids is 2. The number of hydrogen-bond donors (Lipinski definition) is 2. The largest absolute Gasteiger partial charge is 0.375 e. The molecule has 2 amide bonds. The number of carbonyl (C=O) groups is 2. The number of anilines is 2. The molecule has 1 aromatic carbocycles. The van der Waals surface area contributed by atoms with Crippen LogP contribution in [-0.2, 0) is 9.59 Å². The number of hydrogen-bond acceptors (Lipinski definition) is 6. The van der Waals surface area contributed by atoms with Gasteiger partial charge in [-0.15, -0.1) is 0 Å². The number of benzene rings is 1. The SMILES string of the molecule is CN(C)C(=O)CNc1cc(-c2cnc(NC(=O)C3CC3)cn2)ccc1C#N. The lowest BCUT2D eigenvalue weighted by Gasteiger charge is -2.13. The van der Waals surface area contributed by atoms with Gasteiger partial charge in [0.1, 0.15) is 6.07 Å². The Kier molecular flexibility index (Phi) is 5.31. The van der Waals surface area contributed by atoms with E-state index in [0.29, 0.717) is 22.8 Å². The first-order valence-corrected chi connectivity index (χ1v) is 8.59. The quantitative estimate of drug-likeness (QED) is 0.809. The van der Waals surface area contributed by atoms with Crippen LogP contribution >= 0.6 is 0 Å². The topological polar surface area (TPSA) is 111 Å². The molecule has 1 aromatic heterocycles. The predicted octanol–water partition coefficient (Wildman–Crippen LogP) is 1.86. The standard InChI is InChI=1S/C19H20N6O2/c1-25(2)18(26)11-22-15-7-13(5-6-14(15)8-20)16-9-23-17(10-21-16)24-19(27)12-3-4-12/h5-7,9-10,12,22H,3-4,11H2,1-2H3,(H,23,24,27). The zero-order valence-electron chi connectivity index (χ0n) is 15.2. The van der Waals surface area contributed by atoms with Gasteiger partial charge >= 0.3 is 0 Å². The van der Waals surface area contributed by atoms with Crippen LogP contribution in [0.15, 0.2) is 30.6 Å². The molecule has 1 aliphatic rings. The van der Waals surface area contributed by atoms with Crippen LogP contribution in [0.4, 0.5) is 11.5 Å². The number of nitrogens with zero attached hydrogens (tertiary/aromatic N) is 4. The molecule has 0 unspecified atom stereocenters. The third-order valence-corrected chi connectivity index (χ3v) is 4.22. The maximum absolute atomic E-state index is 11.8. The van der Waals surface area contributed by atoms with Crippen LogP contribution in [-0.4, -0.2) is 47.3 Å². The average molecular weight is 364 g/mol. The number of nitrogens with one attached hydrogen (secondary N) is 2. The molecule has 8 heteroatoms. The van der Waals surface area contributed by atoms with Gasteiger partial charge in [-0.05, 0) is 25.0 Å². The summed E-state index contributed by atoms with van der Waals surface area (Å²) in [5.74, 6) is 0.398. The Morgan fingerprint density at radius 1 is 1.26 bits per heavy atom. The number of rotatable bonds is 6. The highest BCUT2D eigenvalue weighted by Crippen LogP contribution is 2.30. The van der Waals surface area contributed by atoms with Crippen LogP contribution in [0.5, 0.6) is 0 Å². The van der Waals surface area contributed by atoms with E-state index >= 15 is 0 Å². The van der Waals surface area contributed by atoms with Crippen molar-refractivity contribution in [2.45, 2.75) is 12.8 Å². The lowest BCUT2D eigenvalue weighted by Crippen LogP contribution is -2.28. The minimum Gasteiger partial charge on any atom is -0.375 e. The number of amides is 2. The van der Waals surface area contributed by atoms with Gasteiger partial charge in [0.05, 0.1) is 35.9 Å². The fraction of sp³-hybridized carbons (Fsp3) is 0.316. The molecule has 2 aromatic rings. The smallest absolute Gasteiger partial charge is 0.241 e. The predicted molar refractivity (Wildman–Crippen MR) is 101 cm³/mol. The van der Waals surface area contributed by atoms with E-state index in [1.807, 2.05) is 0 Å². The van der Waals surface area contributed by atoms with Crippen molar-refractivity contribution in [2.75, 3.05) is 31.3 Å². The maximum Gasteiger partial charge on any atom is 0.241 e. The van der Waals surface area contributed by atoms with Gasteiger partial charge < -0.3 is 15.5 Å². The van der Waals surface area contributed by atoms with Crippen LogP contribution < -0.4 is 10.6 Å². The molecule has 1 fully saturated rings. The van der Waals surface area contributed by atoms with Gasteiger partial charge in [0, 0.05) is 25.6 Å². The van der Waals surface area contributed by atoms with Crippen LogP contribution in [0.25, 0.3) is 11.3 Å². The molecule has 8 nitrogen and oxygen atoms in total. The molecule has 0 atom stereocenters. The van der Waals surface area contributed by atoms with Crippen molar-refractivity contribution in [1.82, 2.24) is 14.9 Å². The van der Waals surface area contributed by atoms with Crippen molar-refractivity contribution in [3.8, 4) is 17.3 Å². The molecule has 0 radical (unpaired) electrons. The minimum atomic E-state index is -0.0974. The van der Waals surface area contributed by atoms with E-state index in [0.717, 1.165) is 18.4 Å². The fourth-order valence-electron chi connectivity index (χ4n) is 2.39. The van der Waals surface area contributed by atoms with Gasteiger partial charge in [-0.3, -0.25) is 14.6 Å². The summed E-state index contributed by atoms with van der Waals surface area (Å²) in [5, 5.41) is 15.0. The summed E-state index contributed by atoms with van der Waals surface area (Å²) in [6.45, 7) is 0.0863. The fourth-order valence-corrected chi connectivity index (χ4v) is 2.39. The Labute approximate surface area is 157 Å². The van der Waals surface area contributed by atoms with Crippen molar-refractivity contribution in [1.29, 1.82) is 5.26 Å². The second-order valence-corrected chi connectivity index (χ2v) is 6.56. The van der Waals surface area contributed by atoms with Crippen molar-refractivity contribution in [3.05, 3.63) is 36.2 Å². The first-order chi connectivity index (χ1) is 13.0. The summed E-state index contributed by atoms with van der Waals surface area (Å²) >= 11 is 0.